The van der Waals surface area contributed by atoms with Gasteiger partial charge in [-0.05, 0) is 18.6 Å². The Labute approximate surface area is 313 Å². The van der Waals surface area contributed by atoms with Crippen LogP contribution in [-0.2, 0) is 61.8 Å². The van der Waals surface area contributed by atoms with Crippen molar-refractivity contribution in [3.05, 3.63) is 48.3 Å². The second kappa shape index (κ2) is 17.8. The molecule has 0 spiro atoms. The van der Waals surface area contributed by atoms with Crippen molar-refractivity contribution in [2.24, 2.45) is 11.8 Å². The molecule has 0 saturated carbocycles. The lowest BCUT2D eigenvalue weighted by Gasteiger charge is -2.46. The predicted molar refractivity (Wildman–Crippen MR) is 175 cm³/mol. The molecule has 55 heavy (non-hydrogen) atoms. The third-order valence-electron chi connectivity index (χ3n) is 9.15. The number of carbonyl (C=O) groups is 5. The molecular weight excluding hydrogens is 740 g/mol. The van der Waals surface area contributed by atoms with Crippen LogP contribution in [0.2, 0.25) is 0 Å². The van der Waals surface area contributed by atoms with Crippen LogP contribution in [0.5, 0.6) is 11.5 Å². The van der Waals surface area contributed by atoms with Crippen LogP contribution >= 0.6 is 0 Å². The molecule has 5 rings (SSSR count). The molecule has 20 heteroatoms. The molecule has 4 aliphatic rings. The van der Waals surface area contributed by atoms with Gasteiger partial charge in [0.2, 0.25) is 18.9 Å². The lowest BCUT2D eigenvalue weighted by molar-refractivity contribution is -0.341. The number of rotatable bonds is 12. The van der Waals surface area contributed by atoms with Crippen LogP contribution in [0.1, 0.15) is 37.6 Å². The number of hydrogen-bond acceptors (Lipinski definition) is 20. The summed E-state index contributed by atoms with van der Waals surface area (Å²) in [7, 11) is 0. The van der Waals surface area contributed by atoms with Gasteiger partial charge in [0.05, 0.1) is 25.0 Å². The van der Waals surface area contributed by atoms with E-state index in [0.29, 0.717) is 6.42 Å². The van der Waals surface area contributed by atoms with E-state index in [0.717, 1.165) is 26.8 Å². The average molecular weight is 783 g/mol. The maximum absolute atomic E-state index is 13.8. The zero-order chi connectivity index (χ0) is 40.1. The third-order valence-corrected chi connectivity index (χ3v) is 9.15. The number of phenolic OH excluding ortho intramolecular Hbond substituents is 1. The minimum Gasteiger partial charge on any atom is -0.504 e. The van der Waals surface area contributed by atoms with Crippen LogP contribution in [0.3, 0.4) is 0 Å². The molecule has 5 N–H and O–H groups in total. The van der Waals surface area contributed by atoms with Gasteiger partial charge in [-0.25, -0.2) is 9.59 Å². The molecule has 3 fully saturated rings. The van der Waals surface area contributed by atoms with Crippen molar-refractivity contribution >= 4 is 29.8 Å². The molecule has 1 aromatic carbocycles. The van der Waals surface area contributed by atoms with Crippen molar-refractivity contribution < 1.29 is 96.9 Å². The van der Waals surface area contributed by atoms with Gasteiger partial charge < -0.3 is 72.9 Å². The topological polar surface area (TPSA) is 279 Å². The molecule has 0 bridgehead atoms. The van der Waals surface area contributed by atoms with Crippen LogP contribution in [0.4, 0.5) is 0 Å². The first-order valence-electron chi connectivity index (χ1n) is 17.1. The molecule has 0 radical (unpaired) electrons. The summed E-state index contributed by atoms with van der Waals surface area (Å²) in [5.74, 6) is -6.90. The molecule has 302 valence electrons. The summed E-state index contributed by atoms with van der Waals surface area (Å²) in [6, 6.07) is 3.52. The summed E-state index contributed by atoms with van der Waals surface area (Å²) >= 11 is 0. The van der Waals surface area contributed by atoms with Gasteiger partial charge in [0.15, 0.2) is 29.8 Å². The number of ether oxygens (including phenoxy) is 10. The Balaban J connectivity index is 1.45. The van der Waals surface area contributed by atoms with Crippen molar-refractivity contribution in [1.29, 1.82) is 0 Å². The number of aliphatic hydroxyl groups excluding tert-OH is 4. The highest BCUT2D eigenvalue weighted by molar-refractivity contribution is 5.93. The minimum atomic E-state index is -1.86. The summed E-state index contributed by atoms with van der Waals surface area (Å²) in [5.41, 5.74) is -0.309. The van der Waals surface area contributed by atoms with E-state index in [1.807, 2.05) is 0 Å². The molecule has 0 aromatic heterocycles. The molecule has 4 aliphatic heterocycles. The van der Waals surface area contributed by atoms with Crippen LogP contribution < -0.4 is 4.74 Å². The fraction of sp³-hybridized carbons (Fsp3) is 0.571. The Morgan fingerprint density at radius 2 is 1.56 bits per heavy atom. The Kier molecular flexibility index (Phi) is 13.3. The highest BCUT2D eigenvalue weighted by atomic mass is 16.8. The monoisotopic (exact) mass is 782 g/mol. The van der Waals surface area contributed by atoms with Crippen molar-refractivity contribution in [2.75, 3.05) is 19.8 Å². The molecule has 3 saturated heterocycles. The van der Waals surface area contributed by atoms with Gasteiger partial charge >= 0.3 is 29.8 Å². The summed E-state index contributed by atoms with van der Waals surface area (Å²) in [4.78, 5) is 63.0. The first-order chi connectivity index (χ1) is 26.1. The number of para-hydroxylation sites is 1. The van der Waals surface area contributed by atoms with Crippen LogP contribution in [0.25, 0.3) is 0 Å². The van der Waals surface area contributed by atoms with Crippen molar-refractivity contribution in [1.82, 2.24) is 0 Å². The van der Waals surface area contributed by atoms with E-state index < -0.39 is 140 Å². The zero-order valence-electron chi connectivity index (χ0n) is 29.8. The van der Waals surface area contributed by atoms with Crippen molar-refractivity contribution in [3.63, 3.8) is 0 Å². The van der Waals surface area contributed by atoms with Crippen LogP contribution in [-0.4, -0.2) is 143 Å². The number of hydrogen-bond donors (Lipinski definition) is 5. The highest BCUT2D eigenvalue weighted by Gasteiger charge is 2.55. The molecular formula is C35H42O20. The van der Waals surface area contributed by atoms with Gasteiger partial charge in [0.25, 0.3) is 0 Å². The predicted octanol–water partition coefficient (Wildman–Crippen LogP) is -1.13. The second-order valence-corrected chi connectivity index (χ2v) is 12.9. The number of esters is 5. The lowest BCUT2D eigenvalue weighted by Crippen LogP contribution is -2.63. The van der Waals surface area contributed by atoms with E-state index in [2.05, 4.69) is 6.58 Å². The summed E-state index contributed by atoms with van der Waals surface area (Å²) in [5, 5.41) is 51.2. The fourth-order valence-corrected chi connectivity index (χ4v) is 6.52. The first kappa shape index (κ1) is 41.3. The smallest absolute Gasteiger partial charge is 0.342 e. The van der Waals surface area contributed by atoms with Gasteiger partial charge in [0, 0.05) is 32.6 Å². The Morgan fingerprint density at radius 3 is 2.22 bits per heavy atom. The van der Waals surface area contributed by atoms with Crippen molar-refractivity contribution in [3.8, 4) is 11.5 Å². The SMILES string of the molecule is C=C[C@@H]1[C@@H](O[C@@H]2O[C@@H](COC(C)=O)[C@@H](OC(=O)c3cccc(O[C@@H]4O[C@H](CO)[C@@H](O)[C@@H](O)[C@H]4O)c3O)[C@H](OC(C)=O)[C@H]2OC(C)=O)OC=C2C(=O)OCC[C@H]21. The molecule has 0 unspecified atom stereocenters. The van der Waals surface area contributed by atoms with Gasteiger partial charge in [-0.2, -0.15) is 0 Å². The largest absolute Gasteiger partial charge is 0.504 e. The van der Waals surface area contributed by atoms with Gasteiger partial charge in [-0.1, -0.05) is 12.1 Å². The average Bonchev–Trinajstić information content (AvgIpc) is 3.13. The molecule has 0 amide bonds. The van der Waals surface area contributed by atoms with Gasteiger partial charge in [0.1, 0.15) is 42.7 Å². The van der Waals surface area contributed by atoms with E-state index in [-0.39, 0.29) is 12.2 Å². The maximum Gasteiger partial charge on any atom is 0.342 e. The summed E-state index contributed by atoms with van der Waals surface area (Å²) < 4.78 is 55.9. The highest BCUT2D eigenvalue weighted by Crippen LogP contribution is 2.40. The Morgan fingerprint density at radius 1 is 0.873 bits per heavy atom. The first-order valence-corrected chi connectivity index (χ1v) is 17.1. The second-order valence-electron chi connectivity index (χ2n) is 12.9. The fourth-order valence-electron chi connectivity index (χ4n) is 6.52. The number of carbonyl (C=O) groups excluding carboxylic acids is 5. The summed E-state index contributed by atoms with van der Waals surface area (Å²) in [6.45, 7) is 5.72. The Hall–Kier alpha value is -4.83. The molecule has 0 aliphatic carbocycles. The van der Waals surface area contributed by atoms with Gasteiger partial charge in [-0.15, -0.1) is 6.58 Å². The normalized spacial score (nSPS) is 34.3. The number of benzene rings is 1. The van der Waals surface area contributed by atoms with E-state index in [9.17, 15) is 49.5 Å². The quantitative estimate of drug-likeness (QED) is 0.0953. The number of aliphatic hydroxyl groups is 4. The molecule has 20 nitrogen and oxygen atoms in total. The minimum absolute atomic E-state index is 0.123. The number of aromatic hydroxyl groups is 1. The molecule has 1 aromatic rings. The van der Waals surface area contributed by atoms with Crippen LogP contribution in [0, 0.1) is 11.8 Å². The standard InChI is InChI=1S/C35H42O20/c1-5-17-18-9-10-46-31(44)20(18)12-48-33(17)55-35-30(50-16(4)39)29(49-15(3)38)28(23(53-35)13-47-14(2)37)54-32(45)19-7-6-8-21(24(19)40)51-34-27(43)26(42)25(41)22(11-36)52-34/h5-8,12,17-18,22-23,25-30,33-36,40-43H,1,9-11,13H2,2-4H3/t17-,18-,22+,23-,25+,26+,27+,28+,29-,30+,33+,34+,35-/m0/s1. The maximum atomic E-state index is 13.8. The van der Waals surface area contributed by atoms with Crippen LogP contribution in [0.15, 0.2) is 42.7 Å². The number of phenols is 1. The zero-order valence-corrected chi connectivity index (χ0v) is 29.8. The van der Waals surface area contributed by atoms with E-state index in [1.165, 1.54) is 24.5 Å². The third kappa shape index (κ3) is 9.18. The van der Waals surface area contributed by atoms with Crippen molar-refractivity contribution in [2.45, 2.75) is 94.9 Å². The number of cyclic esters (lactones) is 1. The Bertz CT molecular complexity index is 1640. The van der Waals surface area contributed by atoms with E-state index >= 15 is 0 Å². The molecule has 4 heterocycles. The van der Waals surface area contributed by atoms with E-state index in [1.54, 1.807) is 0 Å². The summed E-state index contributed by atoms with van der Waals surface area (Å²) in [6.07, 6.45) is -14.8. The molecule has 13 atom stereocenters. The van der Waals surface area contributed by atoms with E-state index in [4.69, 9.17) is 47.4 Å². The number of fused-ring (bicyclic) bond motifs is 1. The van der Waals surface area contributed by atoms with Gasteiger partial charge in [-0.3, -0.25) is 14.4 Å². The lowest BCUT2D eigenvalue weighted by atomic mass is 9.81.